The second kappa shape index (κ2) is 9.51. The average Bonchev–Trinajstić information content (AvgIpc) is 2.84. The van der Waals surface area contributed by atoms with Gasteiger partial charge in [0.15, 0.2) is 6.61 Å². The van der Waals surface area contributed by atoms with Gasteiger partial charge in [-0.05, 0) is 18.9 Å². The second-order valence-electron chi connectivity index (χ2n) is 5.98. The number of nitro groups is 1. The summed E-state index contributed by atoms with van der Waals surface area (Å²) in [6.45, 7) is -0.288. The standard InChI is InChI=1S/C17H21N3O7/c1-26-14-7-6-12(20(24)25)9-13(14)18-15(21)11-27-17(23)10-19-8-4-2-3-5-16(19)22/h6-7,9H,2-5,8,10-11H2,1H3,(H,18,21). The summed E-state index contributed by atoms with van der Waals surface area (Å²) in [6, 6.07) is 3.74. The average molecular weight is 379 g/mol. The van der Waals surface area contributed by atoms with Crippen molar-refractivity contribution in [3.05, 3.63) is 28.3 Å². The van der Waals surface area contributed by atoms with E-state index >= 15 is 0 Å². The van der Waals surface area contributed by atoms with Crippen molar-refractivity contribution in [1.82, 2.24) is 4.90 Å². The number of hydrogen-bond acceptors (Lipinski definition) is 7. The van der Waals surface area contributed by atoms with Gasteiger partial charge in [-0.3, -0.25) is 24.5 Å². The molecule has 0 spiro atoms. The fourth-order valence-electron chi connectivity index (χ4n) is 2.65. The van der Waals surface area contributed by atoms with Crippen LogP contribution in [0.3, 0.4) is 0 Å². The molecule has 2 rings (SSSR count). The van der Waals surface area contributed by atoms with E-state index in [0.717, 1.165) is 25.3 Å². The first-order chi connectivity index (χ1) is 12.9. The van der Waals surface area contributed by atoms with Crippen LogP contribution in [0.15, 0.2) is 18.2 Å². The number of nitro benzene ring substituents is 1. The van der Waals surface area contributed by atoms with Gasteiger partial charge in [0, 0.05) is 25.1 Å². The number of carbonyl (C=O) groups excluding carboxylic acids is 3. The van der Waals surface area contributed by atoms with Crippen molar-refractivity contribution in [2.45, 2.75) is 25.7 Å². The van der Waals surface area contributed by atoms with E-state index in [9.17, 15) is 24.5 Å². The number of amides is 2. The third-order valence-electron chi connectivity index (χ3n) is 4.02. The quantitative estimate of drug-likeness (QED) is 0.432. The molecule has 0 unspecified atom stereocenters. The summed E-state index contributed by atoms with van der Waals surface area (Å²) in [4.78, 5) is 47.4. The molecular weight excluding hydrogens is 358 g/mol. The van der Waals surface area contributed by atoms with E-state index in [2.05, 4.69) is 5.32 Å². The van der Waals surface area contributed by atoms with Crippen molar-refractivity contribution in [2.24, 2.45) is 0 Å². The minimum Gasteiger partial charge on any atom is -0.495 e. The van der Waals surface area contributed by atoms with Crippen LogP contribution in [0.5, 0.6) is 5.75 Å². The molecule has 1 N–H and O–H groups in total. The summed E-state index contributed by atoms with van der Waals surface area (Å²) >= 11 is 0. The van der Waals surface area contributed by atoms with Crippen molar-refractivity contribution in [3.8, 4) is 5.75 Å². The van der Waals surface area contributed by atoms with Gasteiger partial charge in [-0.1, -0.05) is 6.42 Å². The summed E-state index contributed by atoms with van der Waals surface area (Å²) in [5.41, 5.74) is -0.127. The molecule has 10 heteroatoms. The van der Waals surface area contributed by atoms with Crippen LogP contribution in [0.1, 0.15) is 25.7 Å². The third kappa shape index (κ3) is 5.94. The molecule has 0 atom stereocenters. The predicted molar refractivity (Wildman–Crippen MR) is 94.3 cm³/mol. The van der Waals surface area contributed by atoms with Crippen LogP contribution < -0.4 is 10.1 Å². The van der Waals surface area contributed by atoms with Gasteiger partial charge >= 0.3 is 5.97 Å². The molecule has 10 nitrogen and oxygen atoms in total. The first-order valence-corrected chi connectivity index (χ1v) is 8.46. The molecule has 0 aromatic heterocycles. The van der Waals surface area contributed by atoms with E-state index in [1.807, 2.05) is 0 Å². The van der Waals surface area contributed by atoms with Gasteiger partial charge in [0.25, 0.3) is 11.6 Å². The number of anilines is 1. The highest BCUT2D eigenvalue weighted by Crippen LogP contribution is 2.28. The summed E-state index contributed by atoms with van der Waals surface area (Å²) < 4.78 is 9.94. The van der Waals surface area contributed by atoms with Crippen LogP contribution in [-0.4, -0.2) is 54.4 Å². The van der Waals surface area contributed by atoms with E-state index in [4.69, 9.17) is 9.47 Å². The number of likely N-dealkylation sites (tertiary alicyclic amines) is 1. The normalized spacial score (nSPS) is 14.3. The highest BCUT2D eigenvalue weighted by Gasteiger charge is 2.21. The van der Waals surface area contributed by atoms with E-state index in [1.165, 1.54) is 24.1 Å². The summed E-state index contributed by atoms with van der Waals surface area (Å²) in [7, 11) is 1.36. The van der Waals surface area contributed by atoms with Gasteiger partial charge in [-0.15, -0.1) is 0 Å². The number of rotatable bonds is 7. The van der Waals surface area contributed by atoms with E-state index in [1.54, 1.807) is 0 Å². The zero-order chi connectivity index (χ0) is 19.8. The first-order valence-electron chi connectivity index (χ1n) is 8.46. The summed E-state index contributed by atoms with van der Waals surface area (Å²) in [5.74, 6) is -1.23. The lowest BCUT2D eigenvalue weighted by molar-refractivity contribution is -0.384. The Hall–Kier alpha value is -3.17. The maximum absolute atomic E-state index is 12.0. The van der Waals surface area contributed by atoms with Crippen molar-refractivity contribution < 1.29 is 28.8 Å². The molecule has 2 amide bonds. The lowest BCUT2D eigenvalue weighted by Gasteiger charge is -2.19. The number of methoxy groups -OCH3 is 1. The van der Waals surface area contributed by atoms with Crippen LogP contribution in [-0.2, 0) is 19.1 Å². The Kier molecular flexibility index (Phi) is 7.09. The second-order valence-corrected chi connectivity index (χ2v) is 5.98. The number of nitrogens with zero attached hydrogens (tertiary/aromatic N) is 2. The molecule has 1 heterocycles. The van der Waals surface area contributed by atoms with Gasteiger partial charge in [0.2, 0.25) is 5.91 Å². The molecule has 0 saturated carbocycles. The number of carbonyl (C=O) groups is 3. The Bertz CT molecular complexity index is 735. The molecule has 1 aromatic rings. The Morgan fingerprint density at radius 2 is 2.07 bits per heavy atom. The fraction of sp³-hybridized carbons (Fsp3) is 0.471. The minimum absolute atomic E-state index is 0.0930. The number of esters is 1. The van der Waals surface area contributed by atoms with Crippen molar-refractivity contribution in [1.29, 1.82) is 0 Å². The highest BCUT2D eigenvalue weighted by atomic mass is 16.6. The fourth-order valence-corrected chi connectivity index (χ4v) is 2.65. The van der Waals surface area contributed by atoms with Crippen LogP contribution in [0.2, 0.25) is 0 Å². The minimum atomic E-state index is -0.689. The number of non-ortho nitro benzene ring substituents is 1. The zero-order valence-corrected chi connectivity index (χ0v) is 14.9. The largest absolute Gasteiger partial charge is 0.495 e. The maximum atomic E-state index is 12.0. The maximum Gasteiger partial charge on any atom is 0.326 e. The van der Waals surface area contributed by atoms with E-state index < -0.39 is 23.4 Å². The lowest BCUT2D eigenvalue weighted by atomic mass is 10.2. The number of ether oxygens (including phenoxy) is 2. The Balaban J connectivity index is 1.88. The number of hydrogen-bond donors (Lipinski definition) is 1. The van der Waals surface area contributed by atoms with Crippen LogP contribution in [0.25, 0.3) is 0 Å². The molecule has 1 aliphatic heterocycles. The molecule has 1 aliphatic rings. The Morgan fingerprint density at radius 1 is 1.30 bits per heavy atom. The molecule has 27 heavy (non-hydrogen) atoms. The third-order valence-corrected chi connectivity index (χ3v) is 4.02. The van der Waals surface area contributed by atoms with Gasteiger partial charge < -0.3 is 19.7 Å². The lowest BCUT2D eigenvalue weighted by Crippen LogP contribution is -2.36. The van der Waals surface area contributed by atoms with Gasteiger partial charge in [0.1, 0.15) is 12.3 Å². The molecule has 0 bridgehead atoms. The smallest absolute Gasteiger partial charge is 0.326 e. The number of nitrogens with one attached hydrogen (secondary N) is 1. The predicted octanol–water partition coefficient (Wildman–Crippen LogP) is 1.49. The molecule has 0 radical (unpaired) electrons. The first kappa shape index (κ1) is 20.1. The molecule has 1 saturated heterocycles. The van der Waals surface area contributed by atoms with Gasteiger partial charge in [-0.25, -0.2) is 0 Å². The number of benzene rings is 1. The van der Waals surface area contributed by atoms with Gasteiger partial charge in [0.05, 0.1) is 17.7 Å². The topological polar surface area (TPSA) is 128 Å². The molecule has 1 aromatic carbocycles. The van der Waals surface area contributed by atoms with Crippen molar-refractivity contribution in [3.63, 3.8) is 0 Å². The molecule has 1 fully saturated rings. The highest BCUT2D eigenvalue weighted by molar-refractivity contribution is 5.94. The van der Waals surface area contributed by atoms with Crippen LogP contribution in [0.4, 0.5) is 11.4 Å². The molecule has 146 valence electrons. The summed E-state index contributed by atoms with van der Waals surface area (Å²) in [6.07, 6.45) is 2.97. The Morgan fingerprint density at radius 3 is 2.78 bits per heavy atom. The monoisotopic (exact) mass is 379 g/mol. The Labute approximate surface area is 155 Å². The zero-order valence-electron chi connectivity index (χ0n) is 14.9. The summed E-state index contributed by atoms with van der Waals surface area (Å²) in [5, 5.41) is 13.3. The van der Waals surface area contributed by atoms with Crippen molar-refractivity contribution in [2.75, 3.05) is 32.1 Å². The van der Waals surface area contributed by atoms with Gasteiger partial charge in [-0.2, -0.15) is 0 Å². The molecule has 0 aliphatic carbocycles. The van der Waals surface area contributed by atoms with Crippen LogP contribution in [0, 0.1) is 10.1 Å². The van der Waals surface area contributed by atoms with E-state index in [0.29, 0.717) is 13.0 Å². The SMILES string of the molecule is COc1ccc([N+](=O)[O-])cc1NC(=O)COC(=O)CN1CCCCCC1=O. The van der Waals surface area contributed by atoms with E-state index in [-0.39, 0.29) is 29.6 Å². The van der Waals surface area contributed by atoms with Crippen LogP contribution >= 0.6 is 0 Å². The van der Waals surface area contributed by atoms with Crippen molar-refractivity contribution >= 4 is 29.2 Å². The molecular formula is C17H21N3O7.